The van der Waals surface area contributed by atoms with Crippen molar-refractivity contribution in [3.05, 3.63) is 21.9 Å². The Bertz CT molecular complexity index is 771. The number of carbonyl (C=O) groups excluding carboxylic acids is 1. The van der Waals surface area contributed by atoms with E-state index < -0.39 is 0 Å². The summed E-state index contributed by atoms with van der Waals surface area (Å²) in [7, 11) is 0. The fourth-order valence-corrected chi connectivity index (χ4v) is 3.28. The lowest BCUT2D eigenvalue weighted by molar-refractivity contribution is -0.119. The molecular formula is C17H25BrN4OS. The van der Waals surface area contributed by atoms with Gasteiger partial charge in [-0.2, -0.15) is 5.10 Å². The van der Waals surface area contributed by atoms with Crippen molar-refractivity contribution in [1.29, 1.82) is 0 Å². The van der Waals surface area contributed by atoms with Gasteiger partial charge in [0, 0.05) is 11.0 Å². The average molecular weight is 413 g/mol. The largest absolute Gasteiger partial charge is 0.351 e. The first-order valence-corrected chi connectivity index (χ1v) is 9.66. The van der Waals surface area contributed by atoms with E-state index in [9.17, 15) is 4.79 Å². The molecule has 0 aliphatic carbocycles. The van der Waals surface area contributed by atoms with Crippen molar-refractivity contribution >= 4 is 39.2 Å². The highest BCUT2D eigenvalue weighted by Gasteiger charge is 2.22. The van der Waals surface area contributed by atoms with Crippen LogP contribution in [0.5, 0.6) is 0 Å². The minimum Gasteiger partial charge on any atom is -0.351 e. The third-order valence-electron chi connectivity index (χ3n) is 3.29. The van der Waals surface area contributed by atoms with E-state index in [0.29, 0.717) is 5.75 Å². The molecule has 0 aliphatic rings. The molecule has 7 heteroatoms. The molecule has 132 valence electrons. The van der Waals surface area contributed by atoms with Crippen molar-refractivity contribution in [1.82, 2.24) is 19.9 Å². The van der Waals surface area contributed by atoms with Gasteiger partial charge in [0.25, 0.3) is 0 Å². The summed E-state index contributed by atoms with van der Waals surface area (Å²) >= 11 is 5.05. The third kappa shape index (κ3) is 4.51. The first kappa shape index (κ1) is 19.2. The second-order valence-corrected chi connectivity index (χ2v) is 9.74. The molecule has 2 aromatic rings. The van der Waals surface area contributed by atoms with E-state index in [2.05, 4.69) is 47.1 Å². The molecule has 0 radical (unpaired) electrons. The second kappa shape index (κ2) is 6.67. The van der Waals surface area contributed by atoms with Crippen molar-refractivity contribution in [2.45, 2.75) is 64.4 Å². The summed E-state index contributed by atoms with van der Waals surface area (Å²) < 4.78 is 2.71. The number of aromatic nitrogens is 3. The fourth-order valence-electron chi connectivity index (χ4n) is 2.15. The lowest BCUT2D eigenvalue weighted by Gasteiger charge is -2.21. The molecule has 0 aliphatic heterocycles. The average Bonchev–Trinajstić information content (AvgIpc) is 2.69. The Morgan fingerprint density at radius 3 is 2.46 bits per heavy atom. The Labute approximate surface area is 156 Å². The van der Waals surface area contributed by atoms with Crippen LogP contribution in [-0.4, -0.2) is 31.8 Å². The van der Waals surface area contributed by atoms with Gasteiger partial charge in [-0.3, -0.25) is 4.79 Å². The normalized spacial score (nSPS) is 12.7. The minimum atomic E-state index is -0.229. The Balaban J connectivity index is 2.38. The maximum Gasteiger partial charge on any atom is 0.230 e. The number of hydrogen-bond acceptors (Lipinski definition) is 4. The van der Waals surface area contributed by atoms with Crippen LogP contribution < -0.4 is 5.32 Å². The summed E-state index contributed by atoms with van der Waals surface area (Å²) in [6, 6.07) is 2.03. The van der Waals surface area contributed by atoms with Crippen molar-refractivity contribution in [3.8, 4) is 0 Å². The highest BCUT2D eigenvalue weighted by atomic mass is 79.9. The van der Waals surface area contributed by atoms with E-state index in [1.165, 1.54) is 11.8 Å². The molecule has 0 saturated heterocycles. The molecule has 0 aromatic carbocycles. The number of carbonyl (C=O) groups is 1. The Morgan fingerprint density at radius 1 is 1.29 bits per heavy atom. The molecule has 24 heavy (non-hydrogen) atoms. The molecule has 1 amide bonds. The highest BCUT2D eigenvalue weighted by Crippen LogP contribution is 2.30. The number of rotatable bonds is 3. The maximum atomic E-state index is 12.1. The van der Waals surface area contributed by atoms with E-state index in [4.69, 9.17) is 4.98 Å². The number of fused-ring (bicyclic) bond motifs is 1. The molecule has 0 spiro atoms. The number of halogens is 1. The number of hydrogen-bond donors (Lipinski definition) is 1. The standard InChI is InChI=1S/C17H25BrN4OS/c1-10-14(18)15-19-11(16(2,3)4)8-13(22(15)21-10)24-9-12(23)20-17(5,6)7/h8H,9H2,1-7H3,(H,20,23). The molecule has 0 saturated carbocycles. The number of thioether (sulfide) groups is 1. The van der Waals surface area contributed by atoms with Crippen LogP contribution in [0.25, 0.3) is 5.65 Å². The van der Waals surface area contributed by atoms with Crippen LogP contribution in [0.1, 0.15) is 52.9 Å². The van der Waals surface area contributed by atoms with Crippen molar-refractivity contribution in [3.63, 3.8) is 0 Å². The third-order valence-corrected chi connectivity index (χ3v) is 5.22. The highest BCUT2D eigenvalue weighted by molar-refractivity contribution is 9.10. The van der Waals surface area contributed by atoms with Crippen LogP contribution in [0.2, 0.25) is 0 Å². The van der Waals surface area contributed by atoms with E-state index >= 15 is 0 Å². The molecule has 5 nitrogen and oxygen atoms in total. The molecule has 0 fully saturated rings. The molecule has 1 N–H and O–H groups in total. The number of nitrogens with zero attached hydrogens (tertiary/aromatic N) is 3. The predicted molar refractivity (Wildman–Crippen MR) is 103 cm³/mol. The van der Waals surface area contributed by atoms with Gasteiger partial charge < -0.3 is 5.32 Å². The van der Waals surface area contributed by atoms with E-state index in [-0.39, 0.29) is 16.9 Å². The van der Waals surface area contributed by atoms with Crippen LogP contribution >= 0.6 is 27.7 Å². The van der Waals surface area contributed by atoms with Crippen LogP contribution in [-0.2, 0) is 10.2 Å². The zero-order chi connectivity index (χ0) is 18.3. The second-order valence-electron chi connectivity index (χ2n) is 7.95. The zero-order valence-electron chi connectivity index (χ0n) is 15.3. The van der Waals surface area contributed by atoms with Gasteiger partial charge in [0.2, 0.25) is 5.91 Å². The maximum absolute atomic E-state index is 12.1. The number of aryl methyl sites for hydroxylation is 1. The minimum absolute atomic E-state index is 0.0118. The monoisotopic (exact) mass is 412 g/mol. The predicted octanol–water partition coefficient (Wildman–Crippen LogP) is 4.10. The summed E-state index contributed by atoms with van der Waals surface area (Å²) in [5, 5.41) is 8.45. The van der Waals surface area contributed by atoms with Gasteiger partial charge >= 0.3 is 0 Å². The van der Waals surface area contributed by atoms with Gasteiger partial charge in [0.15, 0.2) is 5.65 Å². The van der Waals surface area contributed by atoms with E-state index in [1.807, 2.05) is 38.3 Å². The summed E-state index contributed by atoms with van der Waals surface area (Å²) in [4.78, 5) is 16.9. The SMILES string of the molecule is Cc1nn2c(SCC(=O)NC(C)(C)C)cc(C(C)(C)C)nc2c1Br. The quantitative estimate of drug-likeness (QED) is 0.608. The number of nitrogens with one attached hydrogen (secondary N) is 1. The van der Waals surface area contributed by atoms with Crippen molar-refractivity contribution < 1.29 is 4.79 Å². The van der Waals surface area contributed by atoms with Gasteiger partial charge in [-0.25, -0.2) is 9.50 Å². The first-order chi connectivity index (χ1) is 10.9. The lowest BCUT2D eigenvalue weighted by atomic mass is 9.92. The van der Waals surface area contributed by atoms with E-state index in [1.54, 1.807) is 0 Å². The van der Waals surface area contributed by atoms with E-state index in [0.717, 1.165) is 26.5 Å². The Morgan fingerprint density at radius 2 is 1.92 bits per heavy atom. The van der Waals surface area contributed by atoms with Crippen molar-refractivity contribution in [2.24, 2.45) is 0 Å². The number of amides is 1. The zero-order valence-corrected chi connectivity index (χ0v) is 17.7. The van der Waals surface area contributed by atoms with Crippen LogP contribution in [0.3, 0.4) is 0 Å². The van der Waals surface area contributed by atoms with Crippen LogP contribution in [0.15, 0.2) is 15.6 Å². The summed E-state index contributed by atoms with van der Waals surface area (Å²) in [6.07, 6.45) is 0. The van der Waals surface area contributed by atoms with Gasteiger partial charge in [-0.1, -0.05) is 32.5 Å². The molecule has 0 bridgehead atoms. The first-order valence-electron chi connectivity index (χ1n) is 7.88. The lowest BCUT2D eigenvalue weighted by Crippen LogP contribution is -2.41. The summed E-state index contributed by atoms with van der Waals surface area (Å²) in [5.74, 6) is 0.356. The summed E-state index contributed by atoms with van der Waals surface area (Å²) in [6.45, 7) is 14.3. The molecule has 2 rings (SSSR count). The van der Waals surface area contributed by atoms with Crippen LogP contribution in [0, 0.1) is 6.92 Å². The Kier molecular flexibility index (Phi) is 5.35. The fraction of sp³-hybridized carbons (Fsp3) is 0.588. The topological polar surface area (TPSA) is 59.3 Å². The molecule has 0 unspecified atom stereocenters. The van der Waals surface area contributed by atoms with Gasteiger partial charge in [0.1, 0.15) is 5.03 Å². The molecule has 2 aromatic heterocycles. The van der Waals surface area contributed by atoms with Gasteiger partial charge in [0.05, 0.1) is 21.6 Å². The smallest absolute Gasteiger partial charge is 0.230 e. The van der Waals surface area contributed by atoms with Gasteiger partial charge in [-0.05, 0) is 49.7 Å². The van der Waals surface area contributed by atoms with Crippen LogP contribution in [0.4, 0.5) is 0 Å². The molecular weight excluding hydrogens is 388 g/mol. The molecule has 2 heterocycles. The Hall–Kier alpha value is -1.08. The molecule has 0 atom stereocenters. The van der Waals surface area contributed by atoms with Gasteiger partial charge in [-0.15, -0.1) is 0 Å². The van der Waals surface area contributed by atoms with Crippen molar-refractivity contribution in [2.75, 3.05) is 5.75 Å². The summed E-state index contributed by atoms with van der Waals surface area (Å²) in [5.41, 5.74) is 2.35.